The standard InChI is InChI=1S/C11H6N4O2/c16-10-6-5-12-14-9(6)13-11-15(10)7-3-1-2-4-8(7)17-11/h1-5H,(H,12,14). The number of rotatable bonds is 0. The van der Waals surface area contributed by atoms with Gasteiger partial charge in [-0.2, -0.15) is 10.1 Å². The smallest absolute Gasteiger partial charge is 0.311 e. The first-order valence-electron chi connectivity index (χ1n) is 5.08. The van der Waals surface area contributed by atoms with Crippen molar-refractivity contribution in [3.8, 4) is 0 Å². The lowest BCUT2D eigenvalue weighted by atomic mass is 10.3. The Balaban J connectivity index is 2.42. The molecule has 6 heteroatoms. The van der Waals surface area contributed by atoms with E-state index in [1.807, 2.05) is 18.2 Å². The number of para-hydroxylation sites is 2. The SMILES string of the molecule is O=c1c2cn[nH]c2nc2oc3ccccc3n12. The zero-order valence-corrected chi connectivity index (χ0v) is 8.54. The van der Waals surface area contributed by atoms with Gasteiger partial charge in [0.1, 0.15) is 5.39 Å². The van der Waals surface area contributed by atoms with Crippen molar-refractivity contribution in [1.29, 1.82) is 0 Å². The Bertz CT molecular complexity index is 915. The quantitative estimate of drug-likeness (QED) is 0.490. The van der Waals surface area contributed by atoms with Crippen LogP contribution in [0.3, 0.4) is 0 Å². The average Bonchev–Trinajstić information content (AvgIpc) is 2.92. The summed E-state index contributed by atoms with van der Waals surface area (Å²) >= 11 is 0. The van der Waals surface area contributed by atoms with Gasteiger partial charge in [-0.1, -0.05) is 12.1 Å². The van der Waals surface area contributed by atoms with E-state index in [2.05, 4.69) is 15.2 Å². The van der Waals surface area contributed by atoms with Crippen molar-refractivity contribution in [3.05, 3.63) is 40.8 Å². The normalized spacial score (nSPS) is 11.8. The largest absolute Gasteiger partial charge is 0.423 e. The third-order valence-electron chi connectivity index (χ3n) is 2.76. The number of nitrogens with zero attached hydrogens (tertiary/aromatic N) is 3. The summed E-state index contributed by atoms with van der Waals surface area (Å²) in [6.45, 7) is 0. The van der Waals surface area contributed by atoms with Crippen LogP contribution in [0.1, 0.15) is 0 Å². The van der Waals surface area contributed by atoms with Gasteiger partial charge in [-0.05, 0) is 12.1 Å². The van der Waals surface area contributed by atoms with E-state index in [-0.39, 0.29) is 11.4 Å². The number of benzene rings is 1. The maximum Gasteiger partial charge on any atom is 0.311 e. The van der Waals surface area contributed by atoms with Gasteiger partial charge in [0.2, 0.25) is 0 Å². The second-order valence-electron chi connectivity index (χ2n) is 3.74. The number of aromatic nitrogens is 4. The summed E-state index contributed by atoms with van der Waals surface area (Å²) in [5, 5.41) is 6.92. The lowest BCUT2D eigenvalue weighted by Crippen LogP contribution is -2.12. The van der Waals surface area contributed by atoms with Crippen molar-refractivity contribution in [2.75, 3.05) is 0 Å². The van der Waals surface area contributed by atoms with Crippen molar-refractivity contribution in [3.63, 3.8) is 0 Å². The Kier molecular flexibility index (Phi) is 1.37. The highest BCUT2D eigenvalue weighted by molar-refractivity contribution is 5.81. The molecule has 82 valence electrons. The summed E-state index contributed by atoms with van der Waals surface area (Å²) in [5.41, 5.74) is 1.61. The van der Waals surface area contributed by atoms with Crippen LogP contribution < -0.4 is 5.56 Å². The molecule has 0 spiro atoms. The van der Waals surface area contributed by atoms with E-state index < -0.39 is 0 Å². The molecule has 4 aromatic rings. The van der Waals surface area contributed by atoms with Gasteiger partial charge in [-0.15, -0.1) is 0 Å². The molecule has 6 nitrogen and oxygen atoms in total. The zero-order valence-electron chi connectivity index (χ0n) is 8.54. The number of aromatic amines is 1. The van der Waals surface area contributed by atoms with Crippen molar-refractivity contribution in [1.82, 2.24) is 19.6 Å². The summed E-state index contributed by atoms with van der Waals surface area (Å²) in [4.78, 5) is 16.4. The molecule has 3 aromatic heterocycles. The fourth-order valence-corrected chi connectivity index (χ4v) is 1.98. The molecular weight excluding hydrogens is 220 g/mol. The maximum absolute atomic E-state index is 12.2. The van der Waals surface area contributed by atoms with Crippen molar-refractivity contribution >= 4 is 28.0 Å². The molecule has 0 bridgehead atoms. The molecule has 0 aliphatic heterocycles. The predicted molar refractivity (Wildman–Crippen MR) is 60.9 cm³/mol. The third-order valence-corrected chi connectivity index (χ3v) is 2.76. The van der Waals surface area contributed by atoms with E-state index in [4.69, 9.17) is 4.42 Å². The van der Waals surface area contributed by atoms with Crippen molar-refractivity contribution < 1.29 is 4.42 Å². The monoisotopic (exact) mass is 226 g/mol. The molecule has 0 unspecified atom stereocenters. The fourth-order valence-electron chi connectivity index (χ4n) is 1.98. The van der Waals surface area contributed by atoms with Gasteiger partial charge < -0.3 is 4.42 Å². The summed E-state index contributed by atoms with van der Waals surface area (Å²) in [5.74, 6) is 0.271. The molecule has 0 radical (unpaired) electrons. The van der Waals surface area contributed by atoms with Gasteiger partial charge >= 0.3 is 5.84 Å². The first-order chi connectivity index (χ1) is 8.34. The molecule has 0 amide bonds. The van der Waals surface area contributed by atoms with Crippen molar-refractivity contribution in [2.45, 2.75) is 0 Å². The number of nitrogens with one attached hydrogen (secondary N) is 1. The van der Waals surface area contributed by atoms with E-state index in [1.54, 1.807) is 6.07 Å². The van der Waals surface area contributed by atoms with Crippen LogP contribution >= 0.6 is 0 Å². The van der Waals surface area contributed by atoms with Gasteiger partial charge in [-0.25, -0.2) is 4.40 Å². The summed E-state index contributed by atoms with van der Waals surface area (Å²) in [7, 11) is 0. The van der Waals surface area contributed by atoms with E-state index in [9.17, 15) is 4.79 Å². The molecule has 0 fully saturated rings. The van der Waals surface area contributed by atoms with Crippen LogP contribution in [0.4, 0.5) is 0 Å². The fraction of sp³-hybridized carbons (Fsp3) is 0. The minimum atomic E-state index is -0.177. The third kappa shape index (κ3) is 0.963. The minimum Gasteiger partial charge on any atom is -0.423 e. The Morgan fingerprint density at radius 1 is 1.29 bits per heavy atom. The van der Waals surface area contributed by atoms with E-state index in [0.29, 0.717) is 22.1 Å². The Labute approximate surface area is 93.5 Å². The van der Waals surface area contributed by atoms with Gasteiger partial charge in [0, 0.05) is 0 Å². The molecule has 0 aliphatic carbocycles. The Hall–Kier alpha value is -2.63. The lowest BCUT2D eigenvalue weighted by Gasteiger charge is -1.91. The van der Waals surface area contributed by atoms with E-state index in [0.717, 1.165) is 0 Å². The highest BCUT2D eigenvalue weighted by Gasteiger charge is 2.13. The zero-order chi connectivity index (χ0) is 11.4. The number of H-pyrrole nitrogens is 1. The molecule has 4 rings (SSSR count). The minimum absolute atomic E-state index is 0.177. The second kappa shape index (κ2) is 2.73. The average molecular weight is 226 g/mol. The number of oxazole rings is 1. The van der Waals surface area contributed by atoms with Gasteiger partial charge in [-0.3, -0.25) is 9.89 Å². The van der Waals surface area contributed by atoms with Crippen LogP contribution in [0.15, 0.2) is 39.7 Å². The molecule has 1 N–H and O–H groups in total. The van der Waals surface area contributed by atoms with Gasteiger partial charge in [0.15, 0.2) is 11.2 Å². The first kappa shape index (κ1) is 8.51. The molecule has 1 aromatic carbocycles. The van der Waals surface area contributed by atoms with Crippen LogP contribution in [0.5, 0.6) is 0 Å². The van der Waals surface area contributed by atoms with Crippen molar-refractivity contribution in [2.24, 2.45) is 0 Å². The maximum atomic E-state index is 12.2. The summed E-state index contributed by atoms with van der Waals surface area (Å²) in [6.07, 6.45) is 1.47. The lowest BCUT2D eigenvalue weighted by molar-refractivity contribution is 0.636. The van der Waals surface area contributed by atoms with Crippen LogP contribution in [0.2, 0.25) is 0 Å². The van der Waals surface area contributed by atoms with Crippen LogP contribution in [-0.2, 0) is 0 Å². The molecule has 0 aliphatic rings. The number of hydrogen-bond acceptors (Lipinski definition) is 4. The molecule has 3 heterocycles. The van der Waals surface area contributed by atoms with Gasteiger partial charge in [0.25, 0.3) is 5.56 Å². The Morgan fingerprint density at radius 3 is 3.12 bits per heavy atom. The van der Waals surface area contributed by atoms with Gasteiger partial charge in [0.05, 0.1) is 11.7 Å². The number of fused-ring (bicyclic) bond motifs is 4. The summed E-state index contributed by atoms with van der Waals surface area (Å²) in [6, 6.07) is 7.32. The second-order valence-corrected chi connectivity index (χ2v) is 3.74. The summed E-state index contributed by atoms with van der Waals surface area (Å²) < 4.78 is 6.97. The Morgan fingerprint density at radius 2 is 2.18 bits per heavy atom. The predicted octanol–water partition coefficient (Wildman–Crippen LogP) is 1.32. The van der Waals surface area contributed by atoms with E-state index in [1.165, 1.54) is 10.6 Å². The van der Waals surface area contributed by atoms with Crippen LogP contribution in [0.25, 0.3) is 28.0 Å². The molecular formula is C11H6N4O2. The molecule has 0 saturated heterocycles. The first-order valence-corrected chi connectivity index (χ1v) is 5.08. The molecule has 0 saturated carbocycles. The topological polar surface area (TPSA) is 76.2 Å². The van der Waals surface area contributed by atoms with Crippen LogP contribution in [-0.4, -0.2) is 19.6 Å². The highest BCUT2D eigenvalue weighted by atomic mass is 16.4. The number of hydrogen-bond donors (Lipinski definition) is 1. The van der Waals surface area contributed by atoms with E-state index >= 15 is 0 Å². The molecule has 17 heavy (non-hydrogen) atoms. The van der Waals surface area contributed by atoms with Crippen LogP contribution in [0, 0.1) is 0 Å². The highest BCUT2D eigenvalue weighted by Crippen LogP contribution is 2.18. The molecule has 0 atom stereocenters.